The molecule has 8 nitrogen and oxygen atoms in total. The molecular weight excluding hydrogens is 358 g/mol. The van der Waals surface area contributed by atoms with E-state index in [1.165, 1.54) is 12.4 Å². The number of hydrogen-bond donors (Lipinski definition) is 0. The van der Waals surface area contributed by atoms with Crippen molar-refractivity contribution in [1.82, 2.24) is 25.2 Å². The average molecular weight is 379 g/mol. The molecule has 0 radical (unpaired) electrons. The zero-order valence-electron chi connectivity index (χ0n) is 15.4. The van der Waals surface area contributed by atoms with Gasteiger partial charge >= 0.3 is 0 Å². The summed E-state index contributed by atoms with van der Waals surface area (Å²) in [6, 6.07) is 11.4. The van der Waals surface area contributed by atoms with E-state index in [1.54, 1.807) is 6.07 Å². The van der Waals surface area contributed by atoms with Crippen LogP contribution >= 0.6 is 0 Å². The van der Waals surface area contributed by atoms with Crippen molar-refractivity contribution in [3.05, 3.63) is 60.2 Å². The Morgan fingerprint density at radius 1 is 1.14 bits per heavy atom. The van der Waals surface area contributed by atoms with Crippen molar-refractivity contribution in [2.24, 2.45) is 0 Å². The quantitative estimate of drug-likeness (QED) is 0.649. The van der Waals surface area contributed by atoms with E-state index in [9.17, 15) is 4.79 Å². The summed E-state index contributed by atoms with van der Waals surface area (Å²) >= 11 is 0. The Morgan fingerprint density at radius 2 is 1.96 bits per heavy atom. The predicted octanol–water partition coefficient (Wildman–Crippen LogP) is 2.39. The van der Waals surface area contributed by atoms with Gasteiger partial charge in [0, 0.05) is 25.1 Å². The van der Waals surface area contributed by atoms with Crippen molar-refractivity contribution in [2.75, 3.05) is 19.7 Å². The van der Waals surface area contributed by atoms with Crippen LogP contribution in [0, 0.1) is 0 Å². The SMILES string of the molecule is O=C(c1ccnnc1)N1CCC(OCCc2noc(-c3ccccc3)n2)CC1. The third-order valence-corrected chi connectivity index (χ3v) is 4.73. The van der Waals surface area contributed by atoms with Crippen LogP contribution in [-0.4, -0.2) is 56.9 Å². The molecule has 28 heavy (non-hydrogen) atoms. The highest BCUT2D eigenvalue weighted by atomic mass is 16.5. The maximum atomic E-state index is 12.4. The molecule has 144 valence electrons. The lowest BCUT2D eigenvalue weighted by Crippen LogP contribution is -2.41. The van der Waals surface area contributed by atoms with Gasteiger partial charge in [0.25, 0.3) is 11.8 Å². The van der Waals surface area contributed by atoms with E-state index in [-0.39, 0.29) is 12.0 Å². The summed E-state index contributed by atoms with van der Waals surface area (Å²) in [5, 5.41) is 11.5. The number of carbonyl (C=O) groups is 1. The molecular formula is C20H21N5O3. The number of nitrogens with zero attached hydrogens (tertiary/aromatic N) is 5. The Morgan fingerprint density at radius 3 is 2.71 bits per heavy atom. The fourth-order valence-electron chi connectivity index (χ4n) is 3.20. The first-order valence-corrected chi connectivity index (χ1v) is 9.35. The zero-order chi connectivity index (χ0) is 19.2. The maximum absolute atomic E-state index is 12.4. The first kappa shape index (κ1) is 18.2. The highest BCUT2D eigenvalue weighted by Crippen LogP contribution is 2.18. The summed E-state index contributed by atoms with van der Waals surface area (Å²) in [4.78, 5) is 18.7. The molecule has 1 aromatic carbocycles. The smallest absolute Gasteiger partial charge is 0.257 e. The number of aromatic nitrogens is 4. The number of piperidine rings is 1. The number of carbonyl (C=O) groups excluding carboxylic acids is 1. The lowest BCUT2D eigenvalue weighted by molar-refractivity contribution is 0.00945. The molecule has 0 spiro atoms. The minimum absolute atomic E-state index is 0.00594. The second-order valence-corrected chi connectivity index (χ2v) is 6.63. The van der Waals surface area contributed by atoms with Gasteiger partial charge in [0.05, 0.1) is 30.7 Å². The van der Waals surface area contributed by atoms with E-state index < -0.39 is 0 Å². The summed E-state index contributed by atoms with van der Waals surface area (Å²) in [7, 11) is 0. The third-order valence-electron chi connectivity index (χ3n) is 4.73. The van der Waals surface area contributed by atoms with Crippen molar-refractivity contribution in [3.63, 3.8) is 0 Å². The van der Waals surface area contributed by atoms with Crippen LogP contribution < -0.4 is 0 Å². The van der Waals surface area contributed by atoms with E-state index in [4.69, 9.17) is 9.26 Å². The molecule has 1 amide bonds. The highest BCUT2D eigenvalue weighted by molar-refractivity contribution is 5.93. The Balaban J connectivity index is 1.21. The number of rotatable bonds is 6. The van der Waals surface area contributed by atoms with E-state index in [2.05, 4.69) is 20.3 Å². The molecule has 3 aromatic rings. The van der Waals surface area contributed by atoms with E-state index in [1.807, 2.05) is 35.2 Å². The molecule has 2 aromatic heterocycles. The van der Waals surface area contributed by atoms with Gasteiger partial charge in [0.15, 0.2) is 5.82 Å². The molecule has 1 aliphatic rings. The summed E-state index contributed by atoms with van der Waals surface area (Å²) in [6.45, 7) is 1.87. The van der Waals surface area contributed by atoms with Gasteiger partial charge in [-0.2, -0.15) is 15.2 Å². The Labute approximate surface area is 162 Å². The molecule has 0 bridgehead atoms. The van der Waals surface area contributed by atoms with Crippen LogP contribution in [-0.2, 0) is 11.2 Å². The highest BCUT2D eigenvalue weighted by Gasteiger charge is 2.24. The first-order chi connectivity index (χ1) is 13.8. The minimum Gasteiger partial charge on any atom is -0.378 e. The maximum Gasteiger partial charge on any atom is 0.257 e. The second kappa shape index (κ2) is 8.71. The van der Waals surface area contributed by atoms with Crippen molar-refractivity contribution in [3.8, 4) is 11.5 Å². The van der Waals surface area contributed by atoms with Crippen LogP contribution in [0.5, 0.6) is 0 Å². The van der Waals surface area contributed by atoms with Crippen LogP contribution in [0.3, 0.4) is 0 Å². The van der Waals surface area contributed by atoms with Crippen LogP contribution in [0.25, 0.3) is 11.5 Å². The molecule has 0 aliphatic carbocycles. The molecule has 3 heterocycles. The number of benzene rings is 1. The monoisotopic (exact) mass is 379 g/mol. The van der Waals surface area contributed by atoms with E-state index >= 15 is 0 Å². The van der Waals surface area contributed by atoms with Gasteiger partial charge < -0.3 is 14.2 Å². The Kier molecular flexibility index (Phi) is 5.67. The summed E-state index contributed by atoms with van der Waals surface area (Å²) in [5.74, 6) is 1.15. The molecule has 0 unspecified atom stereocenters. The van der Waals surface area contributed by atoms with Gasteiger partial charge in [-0.3, -0.25) is 4.79 Å². The molecule has 0 N–H and O–H groups in total. The van der Waals surface area contributed by atoms with Gasteiger partial charge in [-0.25, -0.2) is 0 Å². The fraction of sp³-hybridized carbons (Fsp3) is 0.350. The Bertz CT molecular complexity index is 892. The van der Waals surface area contributed by atoms with Crippen molar-refractivity contribution in [1.29, 1.82) is 0 Å². The number of likely N-dealkylation sites (tertiary alicyclic amines) is 1. The van der Waals surface area contributed by atoms with Gasteiger partial charge in [-0.05, 0) is 31.0 Å². The van der Waals surface area contributed by atoms with E-state index in [0.717, 1.165) is 18.4 Å². The molecule has 8 heteroatoms. The van der Waals surface area contributed by atoms with Crippen LogP contribution in [0.1, 0.15) is 29.0 Å². The van der Waals surface area contributed by atoms with Gasteiger partial charge in [-0.1, -0.05) is 23.4 Å². The minimum atomic E-state index is -0.00594. The topological polar surface area (TPSA) is 94.2 Å². The normalized spacial score (nSPS) is 14.9. The molecule has 4 rings (SSSR count). The number of amides is 1. The largest absolute Gasteiger partial charge is 0.378 e. The summed E-state index contributed by atoms with van der Waals surface area (Å²) in [6.07, 6.45) is 5.39. The van der Waals surface area contributed by atoms with Crippen molar-refractivity contribution in [2.45, 2.75) is 25.4 Å². The lowest BCUT2D eigenvalue weighted by atomic mass is 10.1. The lowest BCUT2D eigenvalue weighted by Gasteiger charge is -2.31. The summed E-state index contributed by atoms with van der Waals surface area (Å²) < 4.78 is 11.3. The molecule has 1 fully saturated rings. The van der Waals surface area contributed by atoms with Crippen LogP contribution in [0.15, 0.2) is 53.3 Å². The third kappa shape index (κ3) is 4.40. The van der Waals surface area contributed by atoms with Gasteiger partial charge in [0.1, 0.15) is 0 Å². The molecule has 1 saturated heterocycles. The van der Waals surface area contributed by atoms with E-state index in [0.29, 0.717) is 43.4 Å². The first-order valence-electron chi connectivity index (χ1n) is 9.35. The standard InChI is InChI=1S/C20H21N5O3/c26-20(16-6-10-21-22-14-16)25-11-7-17(8-12-25)27-13-9-18-23-19(28-24-18)15-4-2-1-3-5-15/h1-6,10,14,17H,7-9,11-13H2. The molecule has 0 atom stereocenters. The van der Waals surface area contributed by atoms with Crippen LogP contribution in [0.4, 0.5) is 0 Å². The average Bonchev–Trinajstić information content (AvgIpc) is 3.24. The molecule has 1 aliphatic heterocycles. The Hall–Kier alpha value is -3.13. The molecule has 0 saturated carbocycles. The summed E-state index contributed by atoms with van der Waals surface area (Å²) in [5.41, 5.74) is 1.48. The zero-order valence-corrected chi connectivity index (χ0v) is 15.4. The predicted molar refractivity (Wildman–Crippen MR) is 100 cm³/mol. The fourth-order valence-corrected chi connectivity index (χ4v) is 3.20. The van der Waals surface area contributed by atoms with Crippen molar-refractivity contribution < 1.29 is 14.1 Å². The van der Waals surface area contributed by atoms with Crippen LogP contribution in [0.2, 0.25) is 0 Å². The number of ether oxygens (including phenoxy) is 1. The number of hydrogen-bond acceptors (Lipinski definition) is 7. The van der Waals surface area contributed by atoms with Crippen molar-refractivity contribution >= 4 is 5.91 Å². The second-order valence-electron chi connectivity index (χ2n) is 6.63. The van der Waals surface area contributed by atoms with Gasteiger partial charge in [-0.15, -0.1) is 0 Å². The van der Waals surface area contributed by atoms with Gasteiger partial charge in [0.2, 0.25) is 0 Å².